The Kier molecular flexibility index (Phi) is 17.7. The second kappa shape index (κ2) is 18.9. The molecule has 0 nitrogen and oxygen atoms in total. The van der Waals surface area contributed by atoms with E-state index in [9.17, 15) is 0 Å². The third-order valence-corrected chi connectivity index (χ3v) is 10.1. The zero-order chi connectivity index (χ0) is 25.3. The van der Waals surface area contributed by atoms with Gasteiger partial charge in [0.05, 0.1) is 0 Å². The molecule has 34 heavy (non-hydrogen) atoms. The highest BCUT2D eigenvalue weighted by atomic mass is 14.3. The highest BCUT2D eigenvalue weighted by Crippen LogP contribution is 2.35. The average Bonchev–Trinajstić information content (AvgIpc) is 2.84. The van der Waals surface area contributed by atoms with E-state index in [0.717, 1.165) is 47.3 Å². The summed E-state index contributed by atoms with van der Waals surface area (Å²) in [5.41, 5.74) is 0. The maximum Gasteiger partial charge on any atom is -0.0205 e. The first-order valence-electron chi connectivity index (χ1n) is 16.0. The normalized spacial score (nSPS) is 24.6. The van der Waals surface area contributed by atoms with E-state index >= 15 is 0 Å². The van der Waals surface area contributed by atoms with Crippen LogP contribution in [0.3, 0.4) is 0 Å². The predicted octanol–water partition coefficient (Wildman–Crippen LogP) is 11.9. The Balaban J connectivity index is 2.49. The van der Waals surface area contributed by atoms with Crippen molar-refractivity contribution >= 4 is 0 Å². The maximum absolute atomic E-state index is 2.55. The van der Waals surface area contributed by atoms with Crippen molar-refractivity contribution < 1.29 is 0 Å². The third kappa shape index (κ3) is 13.2. The Labute approximate surface area is 217 Å². The fourth-order valence-corrected chi connectivity index (χ4v) is 6.69. The summed E-state index contributed by atoms with van der Waals surface area (Å²) in [5, 5.41) is 0. The molecule has 6 atom stereocenters. The van der Waals surface area contributed by atoms with E-state index in [-0.39, 0.29) is 0 Å². The molecule has 6 unspecified atom stereocenters. The van der Waals surface area contributed by atoms with Gasteiger partial charge in [0, 0.05) is 0 Å². The molecule has 0 aromatic carbocycles. The fourth-order valence-electron chi connectivity index (χ4n) is 6.69. The second-order valence-corrected chi connectivity index (χ2v) is 12.9. The van der Waals surface area contributed by atoms with Crippen LogP contribution < -0.4 is 0 Å². The molecule has 0 aromatic heterocycles. The quantitative estimate of drug-likeness (QED) is 0.163. The van der Waals surface area contributed by atoms with E-state index < -0.39 is 0 Å². The van der Waals surface area contributed by atoms with Crippen molar-refractivity contribution in [2.45, 2.75) is 158 Å². The summed E-state index contributed by atoms with van der Waals surface area (Å²) in [6, 6.07) is 0. The van der Waals surface area contributed by atoms with Gasteiger partial charge in [-0.2, -0.15) is 0 Å². The van der Waals surface area contributed by atoms with E-state index in [1.807, 2.05) is 0 Å². The molecular weight excluding hydrogens is 408 g/mol. The summed E-state index contributed by atoms with van der Waals surface area (Å²) < 4.78 is 0. The molecule has 0 N–H and O–H groups in total. The number of rotatable bonds is 19. The molecule has 0 heterocycles. The molecule has 0 amide bonds. The molecule has 0 aromatic rings. The van der Waals surface area contributed by atoms with E-state index in [2.05, 4.69) is 67.5 Å². The average molecular weight is 475 g/mol. The molecule has 1 aliphatic rings. The summed E-state index contributed by atoms with van der Waals surface area (Å²) in [4.78, 5) is 0. The van der Waals surface area contributed by atoms with Crippen LogP contribution in [0.2, 0.25) is 0 Å². The molecule has 1 rings (SSSR count). The largest absolute Gasteiger partial charge is 0.0914 e. The number of hydrogen-bond acceptors (Lipinski definition) is 0. The van der Waals surface area contributed by atoms with Crippen LogP contribution in [0, 0.1) is 47.3 Å². The van der Waals surface area contributed by atoms with Crippen molar-refractivity contribution in [3.63, 3.8) is 0 Å². The monoisotopic (exact) mass is 475 g/mol. The van der Waals surface area contributed by atoms with Gasteiger partial charge >= 0.3 is 0 Å². The van der Waals surface area contributed by atoms with Crippen molar-refractivity contribution in [1.82, 2.24) is 0 Å². The third-order valence-electron chi connectivity index (χ3n) is 10.1. The zero-order valence-electron chi connectivity index (χ0n) is 25.1. The Morgan fingerprint density at radius 3 is 1.94 bits per heavy atom. The molecule has 0 saturated heterocycles. The van der Waals surface area contributed by atoms with Crippen LogP contribution in [0.5, 0.6) is 0 Å². The summed E-state index contributed by atoms with van der Waals surface area (Å²) in [6.07, 6.45) is 28.0. The Morgan fingerprint density at radius 2 is 1.35 bits per heavy atom. The molecule has 1 fully saturated rings. The van der Waals surface area contributed by atoms with Gasteiger partial charge in [-0.1, -0.05) is 157 Å². The topological polar surface area (TPSA) is 0 Å². The van der Waals surface area contributed by atoms with Gasteiger partial charge in [0.25, 0.3) is 0 Å². The van der Waals surface area contributed by atoms with Crippen molar-refractivity contribution in [1.29, 1.82) is 0 Å². The molecule has 0 radical (unpaired) electrons. The summed E-state index contributed by atoms with van der Waals surface area (Å²) in [5.74, 6) is 7.30. The lowest BCUT2D eigenvalue weighted by Gasteiger charge is -2.29. The van der Waals surface area contributed by atoms with Crippen LogP contribution in [0.4, 0.5) is 0 Å². The van der Waals surface area contributed by atoms with Crippen LogP contribution >= 0.6 is 0 Å². The standard InChI is InChI=1S/C34H66/c1-9-14-32(24-25-33-20-18-27(5)19-21-33)23-22-31(12-4)26-34(15-10-2)30(8)17-13-16-29(7)28(6)11-3/h10,15,27-34H,9,11-14,16-26H2,1-8H3. The van der Waals surface area contributed by atoms with Crippen molar-refractivity contribution in [3.8, 4) is 0 Å². The van der Waals surface area contributed by atoms with Gasteiger partial charge in [-0.25, -0.2) is 0 Å². The minimum atomic E-state index is 0.780. The highest BCUT2D eigenvalue weighted by molar-refractivity contribution is 4.90. The zero-order valence-corrected chi connectivity index (χ0v) is 25.1. The van der Waals surface area contributed by atoms with Crippen molar-refractivity contribution in [3.05, 3.63) is 12.2 Å². The SMILES string of the molecule is CC=CC(CC(CC)CCC(CCC)CCC1CCC(C)CC1)C(C)CCCC(C)C(C)CC. The van der Waals surface area contributed by atoms with Crippen LogP contribution in [0.15, 0.2) is 12.2 Å². The lowest BCUT2D eigenvalue weighted by atomic mass is 9.77. The highest BCUT2D eigenvalue weighted by Gasteiger charge is 2.22. The van der Waals surface area contributed by atoms with E-state index in [1.165, 1.54) is 103 Å². The van der Waals surface area contributed by atoms with Crippen LogP contribution in [0.25, 0.3) is 0 Å². The van der Waals surface area contributed by atoms with Gasteiger partial charge in [0.15, 0.2) is 0 Å². The summed E-state index contributed by atoms with van der Waals surface area (Å²) >= 11 is 0. The number of allylic oxidation sites excluding steroid dienone is 2. The Morgan fingerprint density at radius 1 is 0.706 bits per heavy atom. The first kappa shape index (κ1) is 31.8. The molecular formula is C34H66. The first-order valence-corrected chi connectivity index (χ1v) is 16.0. The Bertz CT molecular complexity index is 482. The minimum absolute atomic E-state index is 0.780. The van der Waals surface area contributed by atoms with E-state index in [1.54, 1.807) is 0 Å². The maximum atomic E-state index is 2.55. The molecule has 0 spiro atoms. The van der Waals surface area contributed by atoms with E-state index in [0.29, 0.717) is 0 Å². The predicted molar refractivity (Wildman–Crippen MR) is 156 cm³/mol. The van der Waals surface area contributed by atoms with Crippen LogP contribution in [-0.4, -0.2) is 0 Å². The van der Waals surface area contributed by atoms with Gasteiger partial charge in [0.2, 0.25) is 0 Å². The van der Waals surface area contributed by atoms with E-state index in [4.69, 9.17) is 0 Å². The summed E-state index contributed by atoms with van der Waals surface area (Å²) in [6.45, 7) is 19.3. The molecule has 0 heteroatoms. The van der Waals surface area contributed by atoms with Crippen molar-refractivity contribution in [2.24, 2.45) is 47.3 Å². The summed E-state index contributed by atoms with van der Waals surface area (Å²) in [7, 11) is 0. The van der Waals surface area contributed by atoms with Gasteiger partial charge in [-0.3, -0.25) is 0 Å². The number of hydrogen-bond donors (Lipinski definition) is 0. The van der Waals surface area contributed by atoms with Gasteiger partial charge in [0.1, 0.15) is 0 Å². The van der Waals surface area contributed by atoms with Crippen molar-refractivity contribution in [2.75, 3.05) is 0 Å². The Hall–Kier alpha value is -0.260. The first-order chi connectivity index (χ1) is 16.3. The lowest BCUT2D eigenvalue weighted by molar-refractivity contribution is 0.240. The molecule has 1 aliphatic carbocycles. The van der Waals surface area contributed by atoms with Gasteiger partial charge < -0.3 is 0 Å². The minimum Gasteiger partial charge on any atom is -0.0914 e. The van der Waals surface area contributed by atoms with Crippen LogP contribution in [-0.2, 0) is 0 Å². The van der Waals surface area contributed by atoms with Gasteiger partial charge in [-0.05, 0) is 60.7 Å². The second-order valence-electron chi connectivity index (χ2n) is 12.9. The smallest absolute Gasteiger partial charge is 0.0205 e. The lowest BCUT2D eigenvalue weighted by Crippen LogP contribution is -2.17. The molecule has 0 aliphatic heterocycles. The van der Waals surface area contributed by atoms with Crippen LogP contribution in [0.1, 0.15) is 158 Å². The molecule has 0 bridgehead atoms. The van der Waals surface area contributed by atoms with Gasteiger partial charge in [-0.15, -0.1) is 0 Å². The molecule has 202 valence electrons. The fraction of sp³-hybridized carbons (Fsp3) is 0.941. The molecule has 1 saturated carbocycles.